The lowest BCUT2D eigenvalue weighted by Gasteiger charge is -2.43. The van der Waals surface area contributed by atoms with E-state index in [4.69, 9.17) is 0 Å². The molecule has 19 heavy (non-hydrogen) atoms. The summed E-state index contributed by atoms with van der Waals surface area (Å²) in [6, 6.07) is 9.48. The van der Waals surface area contributed by atoms with Crippen molar-refractivity contribution < 1.29 is 0 Å². The quantitative estimate of drug-likeness (QED) is 0.798. The van der Waals surface area contributed by atoms with Gasteiger partial charge in [-0.05, 0) is 80.7 Å². The lowest BCUT2D eigenvalue weighted by atomic mass is 9.83. The first-order valence-electron chi connectivity index (χ1n) is 7.17. The molecule has 2 nitrogen and oxygen atoms in total. The molecule has 1 unspecified atom stereocenters. The normalized spacial score (nSPS) is 19.8. The Morgan fingerprint density at radius 3 is 2.26 bits per heavy atom. The molecule has 0 spiro atoms. The van der Waals surface area contributed by atoms with Crippen LogP contribution < -0.4 is 5.32 Å². The van der Waals surface area contributed by atoms with E-state index in [9.17, 15) is 0 Å². The molecule has 1 aliphatic rings. The second kappa shape index (κ2) is 6.55. The number of rotatable bonds is 5. The zero-order valence-corrected chi connectivity index (χ0v) is 14.4. The zero-order valence-electron chi connectivity index (χ0n) is 12.2. The number of hydrogen-bond acceptors (Lipinski definition) is 2. The molecule has 0 amide bonds. The van der Waals surface area contributed by atoms with Gasteiger partial charge in [0.1, 0.15) is 0 Å². The van der Waals surface area contributed by atoms with E-state index in [-0.39, 0.29) is 0 Å². The van der Waals surface area contributed by atoms with Gasteiger partial charge < -0.3 is 10.2 Å². The van der Waals surface area contributed by atoms with Crippen LogP contribution >= 0.6 is 22.6 Å². The molecule has 0 aliphatic heterocycles. The summed E-state index contributed by atoms with van der Waals surface area (Å²) < 4.78 is 1.31. The predicted octanol–water partition coefficient (Wildman–Crippen LogP) is 3.30. The predicted molar refractivity (Wildman–Crippen MR) is 90.6 cm³/mol. The molecular weight excluding hydrogens is 347 g/mol. The summed E-state index contributed by atoms with van der Waals surface area (Å²) in [6.45, 7) is 0. The molecule has 1 aromatic carbocycles. The van der Waals surface area contributed by atoms with Crippen LogP contribution in [0.4, 0.5) is 0 Å². The first-order chi connectivity index (χ1) is 9.08. The smallest absolute Gasteiger partial charge is 0.0359 e. The summed E-state index contributed by atoms with van der Waals surface area (Å²) in [4.78, 5) is 2.45. The van der Waals surface area contributed by atoms with Gasteiger partial charge in [-0.25, -0.2) is 0 Å². The van der Waals surface area contributed by atoms with Crippen LogP contribution in [0.3, 0.4) is 0 Å². The molecule has 1 atom stereocenters. The third-order valence-electron chi connectivity index (χ3n) is 4.71. The molecule has 1 N–H and O–H groups in total. The Labute approximate surface area is 131 Å². The van der Waals surface area contributed by atoms with Crippen LogP contribution in [0, 0.1) is 3.57 Å². The molecule has 2 rings (SSSR count). The van der Waals surface area contributed by atoms with E-state index in [1.54, 1.807) is 0 Å². The van der Waals surface area contributed by atoms with Crippen LogP contribution in [0.5, 0.6) is 0 Å². The van der Waals surface area contributed by atoms with Crippen LogP contribution in [0.2, 0.25) is 0 Å². The largest absolute Gasteiger partial charge is 0.315 e. The van der Waals surface area contributed by atoms with Gasteiger partial charge in [-0.1, -0.05) is 25.0 Å². The summed E-state index contributed by atoms with van der Waals surface area (Å²) in [5.41, 5.74) is 1.77. The Kier molecular flexibility index (Phi) is 5.26. The first kappa shape index (κ1) is 15.3. The fourth-order valence-corrected chi connectivity index (χ4v) is 3.87. The van der Waals surface area contributed by atoms with Crippen molar-refractivity contribution in [3.05, 3.63) is 33.4 Å². The van der Waals surface area contributed by atoms with Gasteiger partial charge in [0, 0.05) is 15.2 Å². The average molecular weight is 372 g/mol. The van der Waals surface area contributed by atoms with E-state index in [1.807, 2.05) is 0 Å². The van der Waals surface area contributed by atoms with E-state index in [2.05, 4.69) is 78.2 Å². The van der Waals surface area contributed by atoms with E-state index in [0.29, 0.717) is 11.6 Å². The highest BCUT2D eigenvalue weighted by molar-refractivity contribution is 14.1. The maximum atomic E-state index is 3.59. The minimum absolute atomic E-state index is 0.331. The maximum Gasteiger partial charge on any atom is 0.0359 e. The second-order valence-electron chi connectivity index (χ2n) is 5.88. The lowest BCUT2D eigenvalue weighted by molar-refractivity contribution is 0.108. The molecule has 1 fully saturated rings. The minimum atomic E-state index is 0.331. The van der Waals surface area contributed by atoms with Gasteiger partial charge in [0.2, 0.25) is 0 Å². The third-order valence-corrected chi connectivity index (χ3v) is 5.43. The highest BCUT2D eigenvalue weighted by Crippen LogP contribution is 2.37. The standard InChI is InChI=1S/C16H25IN2/c1-18-15(12-13-6-8-14(17)9-7-13)16(19(2)3)10-4-5-11-16/h6-9,15,18H,4-5,10-12H2,1-3H3. The van der Waals surface area contributed by atoms with Gasteiger partial charge in [-0.3, -0.25) is 0 Å². The Balaban J connectivity index is 2.16. The Morgan fingerprint density at radius 2 is 1.79 bits per heavy atom. The minimum Gasteiger partial charge on any atom is -0.315 e. The topological polar surface area (TPSA) is 15.3 Å². The van der Waals surface area contributed by atoms with Crippen LogP contribution in [-0.4, -0.2) is 37.6 Å². The van der Waals surface area contributed by atoms with Crippen molar-refractivity contribution in [1.82, 2.24) is 10.2 Å². The first-order valence-corrected chi connectivity index (χ1v) is 8.25. The number of likely N-dealkylation sites (N-methyl/N-ethyl adjacent to an activating group) is 2. The van der Waals surface area contributed by atoms with Crippen molar-refractivity contribution in [1.29, 1.82) is 0 Å². The fraction of sp³-hybridized carbons (Fsp3) is 0.625. The molecule has 3 heteroatoms. The van der Waals surface area contributed by atoms with E-state index < -0.39 is 0 Å². The highest BCUT2D eigenvalue weighted by Gasteiger charge is 2.42. The van der Waals surface area contributed by atoms with Crippen molar-refractivity contribution in [2.75, 3.05) is 21.1 Å². The molecule has 0 radical (unpaired) electrons. The van der Waals surface area contributed by atoms with Crippen molar-refractivity contribution in [3.8, 4) is 0 Å². The Hall–Kier alpha value is -0.130. The number of nitrogens with one attached hydrogen (secondary N) is 1. The summed E-state index contributed by atoms with van der Waals surface area (Å²) in [5.74, 6) is 0. The van der Waals surface area contributed by atoms with Crippen molar-refractivity contribution in [2.24, 2.45) is 0 Å². The number of nitrogens with zero attached hydrogens (tertiary/aromatic N) is 1. The molecule has 0 saturated heterocycles. The van der Waals surface area contributed by atoms with Gasteiger partial charge >= 0.3 is 0 Å². The number of hydrogen-bond donors (Lipinski definition) is 1. The second-order valence-corrected chi connectivity index (χ2v) is 7.12. The van der Waals surface area contributed by atoms with E-state index in [0.717, 1.165) is 6.42 Å². The van der Waals surface area contributed by atoms with Gasteiger partial charge in [0.15, 0.2) is 0 Å². The van der Waals surface area contributed by atoms with Gasteiger partial charge in [-0.2, -0.15) is 0 Å². The molecule has 0 aromatic heterocycles. The van der Waals surface area contributed by atoms with E-state index >= 15 is 0 Å². The average Bonchev–Trinajstić information content (AvgIpc) is 2.88. The molecular formula is C16H25IN2. The van der Waals surface area contributed by atoms with Gasteiger partial charge in [0.05, 0.1) is 0 Å². The SMILES string of the molecule is CNC(Cc1ccc(I)cc1)C1(N(C)C)CCCC1. The van der Waals surface area contributed by atoms with Crippen LogP contribution in [0.25, 0.3) is 0 Å². The fourth-order valence-electron chi connectivity index (χ4n) is 3.51. The van der Waals surface area contributed by atoms with Crippen LogP contribution in [-0.2, 0) is 6.42 Å². The summed E-state index contributed by atoms with van der Waals surface area (Å²) in [5, 5.41) is 3.59. The van der Waals surface area contributed by atoms with Crippen molar-refractivity contribution in [3.63, 3.8) is 0 Å². The van der Waals surface area contributed by atoms with Crippen molar-refractivity contribution >= 4 is 22.6 Å². The molecule has 1 aromatic rings. The zero-order chi connectivity index (χ0) is 13.9. The Morgan fingerprint density at radius 1 is 1.21 bits per heavy atom. The molecule has 1 aliphatic carbocycles. The summed E-state index contributed by atoms with van der Waals surface area (Å²) >= 11 is 2.37. The molecule has 0 heterocycles. The van der Waals surface area contributed by atoms with Crippen LogP contribution in [0.15, 0.2) is 24.3 Å². The molecule has 1 saturated carbocycles. The maximum absolute atomic E-state index is 3.59. The third kappa shape index (κ3) is 3.31. The molecule has 106 valence electrons. The number of benzene rings is 1. The van der Waals surface area contributed by atoms with Gasteiger partial charge in [0.25, 0.3) is 0 Å². The van der Waals surface area contributed by atoms with E-state index in [1.165, 1.54) is 34.8 Å². The van der Waals surface area contributed by atoms with Crippen LogP contribution in [0.1, 0.15) is 31.2 Å². The number of halogens is 1. The molecule has 0 bridgehead atoms. The highest BCUT2D eigenvalue weighted by atomic mass is 127. The van der Waals surface area contributed by atoms with Crippen molar-refractivity contribution in [2.45, 2.75) is 43.7 Å². The summed E-state index contributed by atoms with van der Waals surface area (Å²) in [6.07, 6.45) is 6.48. The Bertz CT molecular complexity index is 394. The monoisotopic (exact) mass is 372 g/mol. The summed E-state index contributed by atoms with van der Waals surface area (Å²) in [7, 11) is 6.59. The van der Waals surface area contributed by atoms with Gasteiger partial charge in [-0.15, -0.1) is 0 Å². The lowest BCUT2D eigenvalue weighted by Crippen LogP contribution is -2.57.